The van der Waals surface area contributed by atoms with Gasteiger partial charge in [0.15, 0.2) is 0 Å². The average molecular weight is 312 g/mol. The summed E-state index contributed by atoms with van der Waals surface area (Å²) in [6, 6.07) is 7.32. The van der Waals surface area contributed by atoms with Crippen LogP contribution in [0.15, 0.2) is 24.3 Å². The zero-order valence-corrected chi connectivity index (χ0v) is 12.8. The average Bonchev–Trinajstić information content (AvgIpc) is 2.45. The van der Waals surface area contributed by atoms with E-state index in [1.165, 1.54) is 0 Å². The number of aromatic hydroxyl groups is 1. The Morgan fingerprint density at radius 1 is 1.14 bits per heavy atom. The highest BCUT2D eigenvalue weighted by Gasteiger charge is 2.43. The van der Waals surface area contributed by atoms with Gasteiger partial charge in [0, 0.05) is 26.2 Å². The summed E-state index contributed by atoms with van der Waals surface area (Å²) in [5.74, 6) is 0.391. The Morgan fingerprint density at radius 3 is 2.29 bits per heavy atom. The van der Waals surface area contributed by atoms with Crippen LogP contribution < -0.4 is 10.6 Å². The first-order valence-electron chi connectivity index (χ1n) is 7.21. The molecule has 1 aliphatic carbocycles. The molecule has 0 atom stereocenters. The third kappa shape index (κ3) is 2.94. The Bertz CT molecular complexity index is 511. The summed E-state index contributed by atoms with van der Waals surface area (Å²) in [6.07, 6.45) is 2.68. The molecule has 0 unspecified atom stereocenters. The van der Waals surface area contributed by atoms with Crippen molar-refractivity contribution in [2.75, 3.05) is 31.1 Å². The minimum Gasteiger partial charge on any atom is -0.506 e. The number of rotatable bonds is 2. The van der Waals surface area contributed by atoms with E-state index in [1.54, 1.807) is 6.07 Å². The molecule has 3 rings (SSSR count). The SMILES string of the molecule is Cl.NC1(C(=O)N2CCN(c3ccccc3O)CC2)CCC1. The van der Waals surface area contributed by atoms with Gasteiger partial charge in [-0.25, -0.2) is 0 Å². The second-order valence-corrected chi connectivity index (χ2v) is 5.78. The number of piperazine rings is 1. The standard InChI is InChI=1S/C15H21N3O2.ClH/c16-15(6-3-7-15)14(20)18-10-8-17(9-11-18)12-4-1-2-5-13(12)19;/h1-2,4-5,19H,3,6-11,16H2;1H. The zero-order valence-electron chi connectivity index (χ0n) is 12.0. The van der Waals surface area contributed by atoms with Crippen LogP contribution in [0.5, 0.6) is 5.75 Å². The van der Waals surface area contributed by atoms with Crippen LogP contribution in [0.3, 0.4) is 0 Å². The lowest BCUT2D eigenvalue weighted by atomic mass is 9.76. The molecule has 21 heavy (non-hydrogen) atoms. The quantitative estimate of drug-likeness (QED) is 0.865. The first-order valence-corrected chi connectivity index (χ1v) is 7.21. The molecular formula is C15H22ClN3O2. The highest BCUT2D eigenvalue weighted by atomic mass is 35.5. The molecule has 1 heterocycles. The predicted octanol–water partition coefficient (Wildman–Crippen LogP) is 1.34. The number of phenolic OH excluding ortho intramolecular Hbond substituents is 1. The molecule has 1 saturated carbocycles. The van der Waals surface area contributed by atoms with Crippen LogP contribution in [0, 0.1) is 0 Å². The zero-order chi connectivity index (χ0) is 14.2. The molecule has 1 amide bonds. The molecule has 0 bridgehead atoms. The van der Waals surface area contributed by atoms with Crippen LogP contribution in [-0.2, 0) is 4.79 Å². The fourth-order valence-electron chi connectivity index (χ4n) is 2.97. The summed E-state index contributed by atoms with van der Waals surface area (Å²) in [5, 5.41) is 9.87. The first-order chi connectivity index (χ1) is 9.60. The summed E-state index contributed by atoms with van der Waals surface area (Å²) >= 11 is 0. The molecule has 5 nitrogen and oxygen atoms in total. The second kappa shape index (κ2) is 6.12. The van der Waals surface area contributed by atoms with Gasteiger partial charge in [-0.1, -0.05) is 12.1 Å². The number of amides is 1. The van der Waals surface area contributed by atoms with E-state index in [9.17, 15) is 9.90 Å². The Kier molecular flexibility index (Phi) is 4.64. The number of carbonyl (C=O) groups excluding carboxylic acids is 1. The van der Waals surface area contributed by atoms with Gasteiger partial charge in [-0.05, 0) is 31.4 Å². The maximum atomic E-state index is 12.3. The van der Waals surface area contributed by atoms with Crippen molar-refractivity contribution in [1.82, 2.24) is 4.90 Å². The maximum Gasteiger partial charge on any atom is 0.242 e. The topological polar surface area (TPSA) is 69.8 Å². The van der Waals surface area contributed by atoms with Gasteiger partial charge < -0.3 is 20.6 Å². The highest BCUT2D eigenvalue weighted by Crippen LogP contribution is 2.32. The molecule has 1 aromatic carbocycles. The lowest BCUT2D eigenvalue weighted by molar-refractivity contribution is -0.140. The molecule has 0 radical (unpaired) electrons. The lowest BCUT2D eigenvalue weighted by Gasteiger charge is -2.43. The number of nitrogens with two attached hydrogens (primary N) is 1. The van der Waals surface area contributed by atoms with E-state index >= 15 is 0 Å². The van der Waals surface area contributed by atoms with Crippen molar-refractivity contribution in [1.29, 1.82) is 0 Å². The van der Waals surface area contributed by atoms with E-state index in [2.05, 4.69) is 4.90 Å². The lowest BCUT2D eigenvalue weighted by Crippen LogP contribution is -2.62. The van der Waals surface area contributed by atoms with Crippen LogP contribution in [0.4, 0.5) is 5.69 Å². The Hall–Kier alpha value is -1.46. The van der Waals surface area contributed by atoms with Crippen molar-refractivity contribution in [2.24, 2.45) is 5.73 Å². The fraction of sp³-hybridized carbons (Fsp3) is 0.533. The molecule has 2 aliphatic rings. The first kappa shape index (κ1) is 15.9. The van der Waals surface area contributed by atoms with Crippen LogP contribution >= 0.6 is 12.4 Å². The summed E-state index contributed by atoms with van der Waals surface area (Å²) in [6.45, 7) is 2.82. The van der Waals surface area contributed by atoms with Crippen LogP contribution in [-0.4, -0.2) is 47.6 Å². The third-order valence-electron chi connectivity index (χ3n) is 4.46. The molecule has 3 N–H and O–H groups in total. The Labute approximate surface area is 131 Å². The molecule has 0 aromatic heterocycles. The van der Waals surface area contributed by atoms with E-state index in [0.717, 1.165) is 38.0 Å². The van der Waals surface area contributed by atoms with E-state index < -0.39 is 5.54 Å². The number of nitrogens with zero attached hydrogens (tertiary/aromatic N) is 2. The number of anilines is 1. The predicted molar refractivity (Wildman–Crippen MR) is 84.9 cm³/mol. The third-order valence-corrected chi connectivity index (χ3v) is 4.46. The van der Waals surface area contributed by atoms with Crippen molar-refractivity contribution >= 4 is 24.0 Å². The van der Waals surface area contributed by atoms with Crippen LogP contribution in [0.1, 0.15) is 19.3 Å². The van der Waals surface area contributed by atoms with Crippen LogP contribution in [0.25, 0.3) is 0 Å². The van der Waals surface area contributed by atoms with E-state index in [4.69, 9.17) is 5.73 Å². The smallest absolute Gasteiger partial charge is 0.242 e. The van der Waals surface area contributed by atoms with Gasteiger partial charge in [-0.15, -0.1) is 12.4 Å². The number of phenols is 1. The van der Waals surface area contributed by atoms with Gasteiger partial charge in [-0.3, -0.25) is 4.79 Å². The Balaban J connectivity index is 0.00000161. The molecule has 0 spiro atoms. The Morgan fingerprint density at radius 2 is 1.76 bits per heavy atom. The van der Waals surface area contributed by atoms with Gasteiger partial charge in [0.05, 0.1) is 11.2 Å². The number of hydrogen-bond donors (Lipinski definition) is 2. The summed E-state index contributed by atoms with van der Waals surface area (Å²) in [7, 11) is 0. The monoisotopic (exact) mass is 311 g/mol. The van der Waals surface area contributed by atoms with Crippen molar-refractivity contribution in [3.63, 3.8) is 0 Å². The number of para-hydroxylation sites is 2. The van der Waals surface area contributed by atoms with E-state index in [1.807, 2.05) is 23.1 Å². The molecule has 1 saturated heterocycles. The van der Waals surface area contributed by atoms with Gasteiger partial charge in [0.25, 0.3) is 0 Å². The van der Waals surface area contributed by atoms with E-state index in [-0.39, 0.29) is 18.3 Å². The number of carbonyl (C=O) groups is 1. The maximum absolute atomic E-state index is 12.3. The second-order valence-electron chi connectivity index (χ2n) is 5.78. The van der Waals surface area contributed by atoms with E-state index in [0.29, 0.717) is 18.8 Å². The number of halogens is 1. The molecule has 116 valence electrons. The molecule has 1 aromatic rings. The number of benzene rings is 1. The van der Waals surface area contributed by atoms with Gasteiger partial charge in [0.2, 0.25) is 5.91 Å². The largest absolute Gasteiger partial charge is 0.506 e. The van der Waals surface area contributed by atoms with Crippen molar-refractivity contribution in [2.45, 2.75) is 24.8 Å². The van der Waals surface area contributed by atoms with Gasteiger partial charge in [-0.2, -0.15) is 0 Å². The summed E-state index contributed by atoms with van der Waals surface area (Å²) < 4.78 is 0. The minimum absolute atomic E-state index is 0. The molecule has 6 heteroatoms. The van der Waals surface area contributed by atoms with Crippen molar-refractivity contribution < 1.29 is 9.90 Å². The molecule has 1 aliphatic heterocycles. The molecular weight excluding hydrogens is 290 g/mol. The normalized spacial score (nSPS) is 20.4. The summed E-state index contributed by atoms with van der Waals surface area (Å²) in [5.41, 5.74) is 6.34. The van der Waals surface area contributed by atoms with Gasteiger partial charge in [0.1, 0.15) is 5.75 Å². The molecule has 2 fully saturated rings. The highest BCUT2D eigenvalue weighted by molar-refractivity contribution is 5.87. The van der Waals surface area contributed by atoms with Crippen molar-refractivity contribution in [3.8, 4) is 5.75 Å². The minimum atomic E-state index is -0.600. The fourth-order valence-corrected chi connectivity index (χ4v) is 2.97. The van der Waals surface area contributed by atoms with Gasteiger partial charge >= 0.3 is 0 Å². The van der Waals surface area contributed by atoms with Crippen LogP contribution in [0.2, 0.25) is 0 Å². The van der Waals surface area contributed by atoms with Crippen molar-refractivity contribution in [3.05, 3.63) is 24.3 Å². The number of hydrogen-bond acceptors (Lipinski definition) is 4. The summed E-state index contributed by atoms with van der Waals surface area (Å²) in [4.78, 5) is 16.3.